The number of nitrogens with zero attached hydrogens (tertiary/aromatic N) is 1. The maximum atomic E-state index is 13.4. The van der Waals surface area contributed by atoms with E-state index in [4.69, 9.17) is 9.84 Å². The first-order valence-electron chi connectivity index (χ1n) is 5.31. The average molecular weight is 265 g/mol. The summed E-state index contributed by atoms with van der Waals surface area (Å²) in [5, 5.41) is 8.97. The van der Waals surface area contributed by atoms with Gasteiger partial charge in [-0.2, -0.15) is 0 Å². The summed E-state index contributed by atoms with van der Waals surface area (Å²) in [5.41, 5.74) is 0.270. The summed E-state index contributed by atoms with van der Waals surface area (Å²) >= 11 is 0. The first-order valence-corrected chi connectivity index (χ1v) is 5.31. The number of aromatic carboxylic acids is 1. The van der Waals surface area contributed by atoms with Crippen LogP contribution in [-0.2, 0) is 0 Å². The van der Waals surface area contributed by atoms with E-state index in [0.717, 1.165) is 18.2 Å². The summed E-state index contributed by atoms with van der Waals surface area (Å²) in [5.74, 6) is -3.46. The molecule has 19 heavy (non-hydrogen) atoms. The number of benzene rings is 1. The van der Waals surface area contributed by atoms with E-state index >= 15 is 0 Å². The zero-order valence-electron chi connectivity index (χ0n) is 9.85. The predicted octanol–water partition coefficient (Wildman–Crippen LogP) is 3.16. The number of halogens is 2. The first-order chi connectivity index (χ1) is 8.97. The van der Waals surface area contributed by atoms with Crippen molar-refractivity contribution in [1.82, 2.24) is 4.98 Å². The van der Waals surface area contributed by atoms with Gasteiger partial charge < -0.3 is 9.84 Å². The Hall–Kier alpha value is -2.50. The van der Waals surface area contributed by atoms with Gasteiger partial charge in [-0.25, -0.2) is 18.6 Å². The van der Waals surface area contributed by atoms with Gasteiger partial charge in [0.2, 0.25) is 5.88 Å². The van der Waals surface area contributed by atoms with Crippen molar-refractivity contribution < 1.29 is 23.4 Å². The van der Waals surface area contributed by atoms with E-state index in [1.165, 1.54) is 12.1 Å². The summed E-state index contributed by atoms with van der Waals surface area (Å²) in [7, 11) is 0. The molecule has 0 saturated carbocycles. The highest BCUT2D eigenvalue weighted by molar-refractivity contribution is 5.90. The quantitative estimate of drug-likeness (QED) is 0.926. The van der Waals surface area contributed by atoms with Crippen LogP contribution < -0.4 is 4.74 Å². The van der Waals surface area contributed by atoms with Gasteiger partial charge in [-0.05, 0) is 31.2 Å². The van der Waals surface area contributed by atoms with Gasteiger partial charge in [0.15, 0.2) is 11.6 Å². The van der Waals surface area contributed by atoms with E-state index in [1.54, 1.807) is 6.92 Å². The zero-order chi connectivity index (χ0) is 14.0. The lowest BCUT2D eigenvalue weighted by molar-refractivity contribution is 0.0693. The Morgan fingerprint density at radius 1 is 1.26 bits per heavy atom. The number of rotatable bonds is 3. The molecule has 6 heteroatoms. The van der Waals surface area contributed by atoms with Crippen molar-refractivity contribution in [2.75, 3.05) is 0 Å². The topological polar surface area (TPSA) is 59.4 Å². The van der Waals surface area contributed by atoms with Gasteiger partial charge >= 0.3 is 5.97 Å². The van der Waals surface area contributed by atoms with Gasteiger partial charge in [0.25, 0.3) is 0 Å². The molecule has 2 rings (SSSR count). The van der Waals surface area contributed by atoms with Crippen molar-refractivity contribution in [3.63, 3.8) is 0 Å². The number of pyridine rings is 1. The maximum absolute atomic E-state index is 13.4. The van der Waals surface area contributed by atoms with Gasteiger partial charge in [-0.3, -0.25) is 0 Å². The Morgan fingerprint density at radius 2 is 2.00 bits per heavy atom. The fourth-order valence-corrected chi connectivity index (χ4v) is 1.43. The molecule has 0 fully saturated rings. The van der Waals surface area contributed by atoms with Gasteiger partial charge in [0.1, 0.15) is 11.4 Å². The third-order valence-corrected chi connectivity index (χ3v) is 2.33. The van der Waals surface area contributed by atoms with E-state index in [-0.39, 0.29) is 11.4 Å². The van der Waals surface area contributed by atoms with Gasteiger partial charge in [-0.1, -0.05) is 0 Å². The van der Waals surface area contributed by atoms with Crippen LogP contribution in [0.5, 0.6) is 11.6 Å². The van der Waals surface area contributed by atoms with Gasteiger partial charge in [-0.15, -0.1) is 0 Å². The molecule has 1 aromatic carbocycles. The second-order valence-electron chi connectivity index (χ2n) is 3.79. The minimum Gasteiger partial charge on any atom is -0.477 e. The van der Waals surface area contributed by atoms with Crippen LogP contribution in [0.25, 0.3) is 0 Å². The monoisotopic (exact) mass is 265 g/mol. The van der Waals surface area contributed by atoms with Gasteiger partial charge in [0, 0.05) is 11.8 Å². The smallest absolute Gasteiger partial charge is 0.341 e. The summed E-state index contributed by atoms with van der Waals surface area (Å²) < 4.78 is 31.5. The SMILES string of the molecule is Cc1ccc(C(=O)O)c(Oc2cc(F)ccc2F)n1. The predicted molar refractivity (Wildman–Crippen MR) is 62.4 cm³/mol. The second-order valence-corrected chi connectivity index (χ2v) is 3.79. The highest BCUT2D eigenvalue weighted by Crippen LogP contribution is 2.26. The lowest BCUT2D eigenvalue weighted by Gasteiger charge is -2.09. The van der Waals surface area contributed by atoms with Crippen molar-refractivity contribution in [3.8, 4) is 11.6 Å². The highest BCUT2D eigenvalue weighted by atomic mass is 19.1. The Balaban J connectivity index is 2.45. The minimum atomic E-state index is -1.26. The average Bonchev–Trinajstić information content (AvgIpc) is 2.33. The standard InChI is InChI=1S/C13H9F2NO3/c1-7-2-4-9(13(17)18)12(16-7)19-11-6-8(14)3-5-10(11)15/h2-6H,1H3,(H,17,18). The lowest BCUT2D eigenvalue weighted by Crippen LogP contribution is -2.03. The largest absolute Gasteiger partial charge is 0.477 e. The first kappa shape index (κ1) is 12.9. The van der Waals surface area contributed by atoms with Crippen molar-refractivity contribution >= 4 is 5.97 Å². The van der Waals surface area contributed by atoms with E-state index in [0.29, 0.717) is 5.69 Å². The molecule has 0 aliphatic carbocycles. The molecule has 0 radical (unpaired) electrons. The van der Waals surface area contributed by atoms with Crippen LogP contribution in [0.15, 0.2) is 30.3 Å². The molecular formula is C13H9F2NO3. The molecule has 1 aromatic heterocycles. The van der Waals surface area contributed by atoms with E-state index in [9.17, 15) is 13.6 Å². The normalized spacial score (nSPS) is 10.3. The fourth-order valence-electron chi connectivity index (χ4n) is 1.43. The molecule has 4 nitrogen and oxygen atoms in total. The maximum Gasteiger partial charge on any atom is 0.341 e. The molecule has 0 aliphatic heterocycles. The molecule has 1 N–H and O–H groups in total. The summed E-state index contributed by atoms with van der Waals surface area (Å²) in [4.78, 5) is 14.9. The van der Waals surface area contributed by atoms with Crippen LogP contribution in [0.1, 0.15) is 16.1 Å². The Kier molecular flexibility index (Phi) is 3.41. The summed E-state index contributed by atoms with van der Waals surface area (Å²) in [6.45, 7) is 1.63. The number of ether oxygens (including phenoxy) is 1. The fraction of sp³-hybridized carbons (Fsp3) is 0.0769. The number of hydrogen-bond donors (Lipinski definition) is 1. The zero-order valence-corrected chi connectivity index (χ0v) is 9.85. The Labute approximate surface area is 107 Å². The highest BCUT2D eigenvalue weighted by Gasteiger charge is 2.16. The van der Waals surface area contributed by atoms with E-state index < -0.39 is 23.4 Å². The number of hydrogen-bond acceptors (Lipinski definition) is 3. The molecule has 2 aromatic rings. The van der Waals surface area contributed by atoms with Crippen LogP contribution >= 0.6 is 0 Å². The van der Waals surface area contributed by atoms with Crippen molar-refractivity contribution in [2.24, 2.45) is 0 Å². The van der Waals surface area contributed by atoms with Crippen LogP contribution in [0.4, 0.5) is 8.78 Å². The number of carboxylic acids is 1. The molecule has 0 spiro atoms. The Bertz CT molecular complexity index is 644. The molecule has 0 unspecified atom stereocenters. The number of aromatic nitrogens is 1. The third-order valence-electron chi connectivity index (χ3n) is 2.33. The van der Waals surface area contributed by atoms with Crippen LogP contribution in [0.3, 0.4) is 0 Å². The molecular weight excluding hydrogens is 256 g/mol. The lowest BCUT2D eigenvalue weighted by atomic mass is 10.2. The van der Waals surface area contributed by atoms with Crippen molar-refractivity contribution in [2.45, 2.75) is 6.92 Å². The Morgan fingerprint density at radius 3 is 2.68 bits per heavy atom. The van der Waals surface area contributed by atoms with Crippen molar-refractivity contribution in [3.05, 3.63) is 53.2 Å². The third kappa shape index (κ3) is 2.85. The summed E-state index contributed by atoms with van der Waals surface area (Å²) in [6.07, 6.45) is 0. The van der Waals surface area contributed by atoms with Crippen LogP contribution in [-0.4, -0.2) is 16.1 Å². The van der Waals surface area contributed by atoms with E-state index in [1.807, 2.05) is 0 Å². The molecule has 0 amide bonds. The van der Waals surface area contributed by atoms with Crippen molar-refractivity contribution in [1.29, 1.82) is 0 Å². The van der Waals surface area contributed by atoms with Gasteiger partial charge in [0.05, 0.1) is 0 Å². The molecule has 0 aliphatic rings. The molecule has 1 heterocycles. The number of carbonyl (C=O) groups is 1. The molecule has 0 atom stereocenters. The number of aryl methyl sites for hydroxylation is 1. The molecule has 0 bridgehead atoms. The van der Waals surface area contributed by atoms with Crippen LogP contribution in [0.2, 0.25) is 0 Å². The van der Waals surface area contributed by atoms with Crippen LogP contribution in [0, 0.1) is 18.6 Å². The molecule has 0 saturated heterocycles. The second kappa shape index (κ2) is 5.01. The molecule has 98 valence electrons. The summed E-state index contributed by atoms with van der Waals surface area (Å²) in [6, 6.07) is 5.42. The minimum absolute atomic E-state index is 0.228. The number of carboxylic acid groups (broad SMARTS) is 1. The van der Waals surface area contributed by atoms with E-state index in [2.05, 4.69) is 4.98 Å².